The molecule has 0 bridgehead atoms. The Kier molecular flexibility index (Phi) is 3.47. The van der Waals surface area contributed by atoms with Gasteiger partial charge in [-0.05, 0) is 30.4 Å². The molecule has 1 heterocycles. The van der Waals surface area contributed by atoms with Gasteiger partial charge in [0.15, 0.2) is 0 Å². The zero-order valence-electron chi connectivity index (χ0n) is 9.04. The molecule has 0 unspecified atom stereocenters. The van der Waals surface area contributed by atoms with Gasteiger partial charge in [0, 0.05) is 11.4 Å². The Morgan fingerprint density at radius 3 is 2.38 bits per heavy atom. The largest absolute Gasteiger partial charge is 0.258 e. The lowest BCUT2D eigenvalue weighted by Crippen LogP contribution is -2.00. The van der Waals surface area contributed by atoms with Crippen LogP contribution in [0.4, 0.5) is 0 Å². The second-order valence-electron chi connectivity index (χ2n) is 4.31. The second-order valence-corrected chi connectivity index (χ2v) is 4.31. The minimum atomic E-state index is 0.534. The van der Waals surface area contributed by atoms with Gasteiger partial charge in [-0.1, -0.05) is 33.8 Å². The Balaban J connectivity index is 2.79. The standard InChI is InChI=1S/C12H19N/c1-9(2)8-11-6-5-7-12(13-11)10(3)4/h5-7,9-10H,8H2,1-4H3. The molecule has 0 aliphatic heterocycles. The average Bonchev–Trinajstić information content (AvgIpc) is 2.03. The average molecular weight is 177 g/mol. The first-order valence-electron chi connectivity index (χ1n) is 5.05. The molecular weight excluding hydrogens is 158 g/mol. The summed E-state index contributed by atoms with van der Waals surface area (Å²) < 4.78 is 0. The van der Waals surface area contributed by atoms with Gasteiger partial charge in [0.05, 0.1) is 0 Å². The zero-order chi connectivity index (χ0) is 9.84. The fourth-order valence-electron chi connectivity index (χ4n) is 1.35. The summed E-state index contributed by atoms with van der Waals surface area (Å²) in [5.74, 6) is 1.22. The smallest absolute Gasteiger partial charge is 0.0432 e. The van der Waals surface area contributed by atoms with Gasteiger partial charge in [-0.15, -0.1) is 0 Å². The molecular formula is C12H19N. The molecule has 1 heteroatoms. The van der Waals surface area contributed by atoms with E-state index in [9.17, 15) is 0 Å². The predicted molar refractivity (Wildman–Crippen MR) is 56.9 cm³/mol. The second kappa shape index (κ2) is 4.40. The lowest BCUT2D eigenvalue weighted by atomic mass is 10.1. The van der Waals surface area contributed by atoms with E-state index in [0.717, 1.165) is 6.42 Å². The summed E-state index contributed by atoms with van der Waals surface area (Å²) >= 11 is 0. The minimum Gasteiger partial charge on any atom is -0.258 e. The van der Waals surface area contributed by atoms with Crippen molar-refractivity contribution in [2.24, 2.45) is 5.92 Å². The molecule has 1 nitrogen and oxygen atoms in total. The van der Waals surface area contributed by atoms with E-state index >= 15 is 0 Å². The first-order chi connectivity index (χ1) is 6.09. The van der Waals surface area contributed by atoms with Crippen LogP contribution in [-0.4, -0.2) is 4.98 Å². The third kappa shape index (κ3) is 3.17. The van der Waals surface area contributed by atoms with Gasteiger partial charge in [0.25, 0.3) is 0 Å². The van der Waals surface area contributed by atoms with Crippen LogP contribution in [0.5, 0.6) is 0 Å². The van der Waals surface area contributed by atoms with Crippen LogP contribution in [0.15, 0.2) is 18.2 Å². The predicted octanol–water partition coefficient (Wildman–Crippen LogP) is 3.40. The molecule has 0 saturated heterocycles. The molecule has 1 aromatic heterocycles. The molecule has 0 saturated carbocycles. The van der Waals surface area contributed by atoms with Gasteiger partial charge >= 0.3 is 0 Å². The monoisotopic (exact) mass is 177 g/mol. The molecule has 1 aromatic rings. The van der Waals surface area contributed by atoms with Crippen molar-refractivity contribution in [3.63, 3.8) is 0 Å². The van der Waals surface area contributed by atoms with E-state index in [1.54, 1.807) is 0 Å². The lowest BCUT2D eigenvalue weighted by molar-refractivity contribution is 0.630. The van der Waals surface area contributed by atoms with Crippen molar-refractivity contribution in [2.45, 2.75) is 40.0 Å². The van der Waals surface area contributed by atoms with Crippen molar-refractivity contribution in [3.8, 4) is 0 Å². The summed E-state index contributed by atoms with van der Waals surface area (Å²) in [5, 5.41) is 0. The summed E-state index contributed by atoms with van der Waals surface area (Å²) in [4.78, 5) is 4.61. The molecule has 13 heavy (non-hydrogen) atoms. The Bertz CT molecular complexity index is 264. The van der Waals surface area contributed by atoms with E-state index in [1.807, 2.05) is 0 Å². The van der Waals surface area contributed by atoms with E-state index in [0.29, 0.717) is 11.8 Å². The summed E-state index contributed by atoms with van der Waals surface area (Å²) in [6.45, 7) is 8.82. The summed E-state index contributed by atoms with van der Waals surface area (Å²) in [5.41, 5.74) is 2.43. The number of hydrogen-bond acceptors (Lipinski definition) is 1. The summed E-state index contributed by atoms with van der Waals surface area (Å²) in [6.07, 6.45) is 1.08. The Labute approximate surface area is 81.2 Å². The van der Waals surface area contributed by atoms with E-state index in [2.05, 4.69) is 50.9 Å². The summed E-state index contributed by atoms with van der Waals surface area (Å²) in [6, 6.07) is 6.33. The van der Waals surface area contributed by atoms with Gasteiger partial charge in [0.2, 0.25) is 0 Å². The van der Waals surface area contributed by atoms with Gasteiger partial charge in [-0.3, -0.25) is 4.98 Å². The van der Waals surface area contributed by atoms with Gasteiger partial charge in [-0.25, -0.2) is 0 Å². The molecule has 0 aromatic carbocycles. The Hall–Kier alpha value is -0.850. The van der Waals surface area contributed by atoms with E-state index in [-0.39, 0.29) is 0 Å². The molecule has 0 atom stereocenters. The Morgan fingerprint density at radius 1 is 1.15 bits per heavy atom. The van der Waals surface area contributed by atoms with Crippen molar-refractivity contribution < 1.29 is 0 Å². The SMILES string of the molecule is CC(C)Cc1cccc(C(C)C)n1. The molecule has 0 aliphatic carbocycles. The third-order valence-corrected chi connectivity index (χ3v) is 2.04. The topological polar surface area (TPSA) is 12.9 Å². The molecule has 0 amide bonds. The van der Waals surface area contributed by atoms with Crippen molar-refractivity contribution in [1.82, 2.24) is 4.98 Å². The van der Waals surface area contributed by atoms with Gasteiger partial charge in [-0.2, -0.15) is 0 Å². The molecule has 0 aliphatic rings. The molecule has 72 valence electrons. The van der Waals surface area contributed by atoms with E-state index in [1.165, 1.54) is 11.4 Å². The van der Waals surface area contributed by atoms with Crippen LogP contribution in [0, 0.1) is 5.92 Å². The first kappa shape index (κ1) is 10.2. The molecule has 1 rings (SSSR count). The fourth-order valence-corrected chi connectivity index (χ4v) is 1.35. The fraction of sp³-hybridized carbons (Fsp3) is 0.583. The number of hydrogen-bond donors (Lipinski definition) is 0. The third-order valence-electron chi connectivity index (χ3n) is 2.04. The van der Waals surface area contributed by atoms with Crippen LogP contribution in [-0.2, 0) is 6.42 Å². The van der Waals surface area contributed by atoms with Crippen molar-refractivity contribution in [2.75, 3.05) is 0 Å². The number of aromatic nitrogens is 1. The van der Waals surface area contributed by atoms with Crippen molar-refractivity contribution in [3.05, 3.63) is 29.6 Å². The zero-order valence-corrected chi connectivity index (χ0v) is 9.04. The number of rotatable bonds is 3. The highest BCUT2D eigenvalue weighted by Crippen LogP contribution is 2.13. The maximum absolute atomic E-state index is 4.61. The van der Waals surface area contributed by atoms with Gasteiger partial charge in [0.1, 0.15) is 0 Å². The van der Waals surface area contributed by atoms with Crippen LogP contribution < -0.4 is 0 Å². The minimum absolute atomic E-state index is 0.534. The first-order valence-corrected chi connectivity index (χ1v) is 5.05. The van der Waals surface area contributed by atoms with Crippen LogP contribution >= 0.6 is 0 Å². The van der Waals surface area contributed by atoms with Crippen LogP contribution in [0.3, 0.4) is 0 Å². The number of pyridine rings is 1. The lowest BCUT2D eigenvalue weighted by Gasteiger charge is -2.08. The molecule has 0 radical (unpaired) electrons. The highest BCUT2D eigenvalue weighted by molar-refractivity contribution is 5.14. The maximum Gasteiger partial charge on any atom is 0.0432 e. The quantitative estimate of drug-likeness (QED) is 0.689. The van der Waals surface area contributed by atoms with Crippen LogP contribution in [0.25, 0.3) is 0 Å². The van der Waals surface area contributed by atoms with Crippen LogP contribution in [0.2, 0.25) is 0 Å². The van der Waals surface area contributed by atoms with Gasteiger partial charge < -0.3 is 0 Å². The van der Waals surface area contributed by atoms with E-state index in [4.69, 9.17) is 0 Å². The number of nitrogens with zero attached hydrogens (tertiary/aromatic N) is 1. The van der Waals surface area contributed by atoms with E-state index < -0.39 is 0 Å². The Morgan fingerprint density at radius 2 is 1.85 bits per heavy atom. The summed E-state index contributed by atoms with van der Waals surface area (Å²) in [7, 11) is 0. The highest BCUT2D eigenvalue weighted by atomic mass is 14.7. The van der Waals surface area contributed by atoms with Crippen molar-refractivity contribution in [1.29, 1.82) is 0 Å². The highest BCUT2D eigenvalue weighted by Gasteiger charge is 2.03. The van der Waals surface area contributed by atoms with Crippen LogP contribution in [0.1, 0.15) is 45.0 Å². The normalized spacial score (nSPS) is 11.2. The molecule has 0 N–H and O–H groups in total. The van der Waals surface area contributed by atoms with Crippen molar-refractivity contribution >= 4 is 0 Å². The molecule has 0 spiro atoms. The maximum atomic E-state index is 4.61. The molecule has 0 fully saturated rings.